The summed E-state index contributed by atoms with van der Waals surface area (Å²) in [5.41, 5.74) is 7.60. The van der Waals surface area contributed by atoms with E-state index in [4.69, 9.17) is 10.8 Å². The molecule has 94 valence electrons. The van der Waals surface area contributed by atoms with Gasteiger partial charge in [0, 0.05) is 16.8 Å². The molecular formula is C12H13N3O2S. The summed E-state index contributed by atoms with van der Waals surface area (Å²) < 4.78 is 0. The van der Waals surface area contributed by atoms with Gasteiger partial charge in [-0.2, -0.15) is 0 Å². The molecule has 0 radical (unpaired) electrons. The number of nitrogens with two attached hydrogens (primary N) is 1. The maximum Gasteiger partial charge on any atom is 0.337 e. The third-order valence-corrected chi connectivity index (χ3v) is 3.25. The van der Waals surface area contributed by atoms with Crippen molar-refractivity contribution in [3.8, 4) is 0 Å². The number of carboxylic acid groups (broad SMARTS) is 1. The van der Waals surface area contributed by atoms with Gasteiger partial charge in [-0.1, -0.05) is 0 Å². The number of carbonyl (C=O) groups is 1. The van der Waals surface area contributed by atoms with Crippen LogP contribution in [0, 0.1) is 6.92 Å². The number of anilines is 2. The quantitative estimate of drug-likeness (QED) is 0.737. The standard InChI is InChI=1S/C12H13N3O2S/c1-7-15-9(6-18-7)5-14-8-2-3-11(13)10(4-8)12(16)17/h2-4,6,14H,5,13H2,1H3,(H,16,17). The topological polar surface area (TPSA) is 88.2 Å². The number of thiazole rings is 1. The lowest BCUT2D eigenvalue weighted by Crippen LogP contribution is -2.05. The fraction of sp³-hybridized carbons (Fsp3) is 0.167. The van der Waals surface area contributed by atoms with Gasteiger partial charge in [0.15, 0.2) is 0 Å². The predicted octanol–water partition coefficient (Wildman–Crippen LogP) is 2.34. The first kappa shape index (κ1) is 12.4. The monoisotopic (exact) mass is 263 g/mol. The molecule has 1 aromatic heterocycles. The van der Waals surface area contributed by atoms with Crippen LogP contribution in [0.2, 0.25) is 0 Å². The number of nitrogens with one attached hydrogen (secondary N) is 1. The molecule has 0 fully saturated rings. The predicted molar refractivity (Wildman–Crippen MR) is 72.0 cm³/mol. The Balaban J connectivity index is 2.10. The van der Waals surface area contributed by atoms with Crippen LogP contribution in [0.15, 0.2) is 23.6 Å². The smallest absolute Gasteiger partial charge is 0.337 e. The maximum absolute atomic E-state index is 10.9. The zero-order valence-corrected chi connectivity index (χ0v) is 10.6. The molecule has 18 heavy (non-hydrogen) atoms. The van der Waals surface area contributed by atoms with Crippen LogP contribution in [0.1, 0.15) is 21.1 Å². The third-order valence-electron chi connectivity index (χ3n) is 2.42. The summed E-state index contributed by atoms with van der Waals surface area (Å²) in [6, 6.07) is 4.86. The first-order chi connectivity index (χ1) is 8.56. The van der Waals surface area contributed by atoms with Gasteiger partial charge in [-0.05, 0) is 25.1 Å². The number of benzene rings is 1. The number of aromatic carboxylic acids is 1. The molecular weight excluding hydrogens is 250 g/mol. The van der Waals surface area contributed by atoms with Crippen LogP contribution in [0.3, 0.4) is 0 Å². The number of aromatic nitrogens is 1. The Morgan fingerprint density at radius 1 is 1.56 bits per heavy atom. The van der Waals surface area contributed by atoms with Crippen LogP contribution in [-0.4, -0.2) is 16.1 Å². The maximum atomic E-state index is 10.9. The van der Waals surface area contributed by atoms with E-state index < -0.39 is 5.97 Å². The van der Waals surface area contributed by atoms with Crippen LogP contribution in [0.4, 0.5) is 11.4 Å². The summed E-state index contributed by atoms with van der Waals surface area (Å²) in [5.74, 6) is -1.03. The van der Waals surface area contributed by atoms with Crippen molar-refractivity contribution in [1.82, 2.24) is 4.98 Å². The van der Waals surface area contributed by atoms with Crippen LogP contribution < -0.4 is 11.1 Å². The minimum atomic E-state index is -1.03. The molecule has 0 saturated carbocycles. The number of carboxylic acids is 1. The summed E-state index contributed by atoms with van der Waals surface area (Å²) >= 11 is 1.58. The molecule has 0 atom stereocenters. The van der Waals surface area contributed by atoms with Crippen molar-refractivity contribution in [2.75, 3.05) is 11.1 Å². The van der Waals surface area contributed by atoms with Gasteiger partial charge in [-0.15, -0.1) is 11.3 Å². The average Bonchev–Trinajstić information content (AvgIpc) is 2.74. The van der Waals surface area contributed by atoms with Crippen LogP contribution in [0.25, 0.3) is 0 Å². The van der Waals surface area contributed by atoms with Gasteiger partial charge >= 0.3 is 5.97 Å². The van der Waals surface area contributed by atoms with E-state index in [1.54, 1.807) is 23.5 Å². The molecule has 1 aromatic carbocycles. The molecule has 0 aliphatic heterocycles. The molecule has 5 nitrogen and oxygen atoms in total. The van der Waals surface area contributed by atoms with Crippen molar-refractivity contribution in [2.24, 2.45) is 0 Å². The molecule has 4 N–H and O–H groups in total. The van der Waals surface area contributed by atoms with E-state index in [2.05, 4.69) is 10.3 Å². The Morgan fingerprint density at radius 3 is 2.94 bits per heavy atom. The normalized spacial score (nSPS) is 10.3. The SMILES string of the molecule is Cc1nc(CNc2ccc(N)c(C(=O)O)c2)cs1. The number of hydrogen-bond donors (Lipinski definition) is 3. The fourth-order valence-corrected chi connectivity index (χ4v) is 2.15. The molecule has 0 saturated heterocycles. The molecule has 2 aromatic rings. The molecule has 0 amide bonds. The molecule has 6 heteroatoms. The number of nitrogens with zero attached hydrogens (tertiary/aromatic N) is 1. The van der Waals surface area contributed by atoms with Gasteiger partial charge < -0.3 is 16.2 Å². The van der Waals surface area contributed by atoms with E-state index in [1.165, 1.54) is 6.07 Å². The zero-order chi connectivity index (χ0) is 13.1. The molecule has 0 spiro atoms. The summed E-state index contributed by atoms with van der Waals surface area (Å²) in [6.07, 6.45) is 0. The van der Waals surface area contributed by atoms with Crippen molar-refractivity contribution in [1.29, 1.82) is 0 Å². The lowest BCUT2D eigenvalue weighted by Gasteiger charge is -2.07. The van der Waals surface area contributed by atoms with Crippen LogP contribution in [-0.2, 0) is 6.54 Å². The number of hydrogen-bond acceptors (Lipinski definition) is 5. The summed E-state index contributed by atoms with van der Waals surface area (Å²) in [5, 5.41) is 15.1. The Labute approximate surface area is 108 Å². The average molecular weight is 263 g/mol. The Kier molecular flexibility index (Phi) is 3.47. The van der Waals surface area contributed by atoms with E-state index in [0.29, 0.717) is 12.2 Å². The molecule has 0 bridgehead atoms. The third kappa shape index (κ3) is 2.78. The minimum absolute atomic E-state index is 0.106. The van der Waals surface area contributed by atoms with Crippen LogP contribution >= 0.6 is 11.3 Å². The Bertz CT molecular complexity index is 580. The van der Waals surface area contributed by atoms with Gasteiger partial charge in [0.1, 0.15) is 0 Å². The first-order valence-corrected chi connectivity index (χ1v) is 6.22. The summed E-state index contributed by atoms with van der Waals surface area (Å²) in [4.78, 5) is 15.2. The van der Waals surface area contributed by atoms with E-state index >= 15 is 0 Å². The van der Waals surface area contributed by atoms with E-state index in [-0.39, 0.29) is 11.3 Å². The molecule has 1 heterocycles. The lowest BCUT2D eigenvalue weighted by molar-refractivity contribution is 0.0698. The highest BCUT2D eigenvalue weighted by molar-refractivity contribution is 7.09. The van der Waals surface area contributed by atoms with Crippen molar-refractivity contribution in [2.45, 2.75) is 13.5 Å². The molecule has 0 aliphatic carbocycles. The fourth-order valence-electron chi connectivity index (χ4n) is 1.53. The second kappa shape index (κ2) is 5.05. The highest BCUT2D eigenvalue weighted by Crippen LogP contribution is 2.18. The first-order valence-electron chi connectivity index (χ1n) is 5.34. The van der Waals surface area contributed by atoms with E-state index in [0.717, 1.165) is 10.7 Å². The number of aryl methyl sites for hydroxylation is 1. The zero-order valence-electron chi connectivity index (χ0n) is 9.80. The minimum Gasteiger partial charge on any atom is -0.478 e. The summed E-state index contributed by atoms with van der Waals surface area (Å²) in [7, 11) is 0. The van der Waals surface area contributed by atoms with Crippen LogP contribution in [0.5, 0.6) is 0 Å². The van der Waals surface area contributed by atoms with Crippen molar-refractivity contribution in [3.63, 3.8) is 0 Å². The van der Waals surface area contributed by atoms with Gasteiger partial charge in [0.25, 0.3) is 0 Å². The van der Waals surface area contributed by atoms with Gasteiger partial charge in [-0.3, -0.25) is 0 Å². The summed E-state index contributed by atoms with van der Waals surface area (Å²) in [6.45, 7) is 2.51. The highest BCUT2D eigenvalue weighted by Gasteiger charge is 2.08. The van der Waals surface area contributed by atoms with Crippen molar-refractivity contribution >= 4 is 28.7 Å². The largest absolute Gasteiger partial charge is 0.478 e. The van der Waals surface area contributed by atoms with E-state index in [9.17, 15) is 4.79 Å². The van der Waals surface area contributed by atoms with Gasteiger partial charge in [0.2, 0.25) is 0 Å². The molecule has 0 aliphatic rings. The Hall–Kier alpha value is -2.08. The number of rotatable bonds is 4. The highest BCUT2D eigenvalue weighted by atomic mass is 32.1. The van der Waals surface area contributed by atoms with E-state index in [1.807, 2.05) is 12.3 Å². The second-order valence-electron chi connectivity index (χ2n) is 3.82. The molecule has 0 unspecified atom stereocenters. The number of nitrogen functional groups attached to an aromatic ring is 1. The van der Waals surface area contributed by atoms with Crippen molar-refractivity contribution in [3.05, 3.63) is 39.8 Å². The lowest BCUT2D eigenvalue weighted by atomic mass is 10.1. The van der Waals surface area contributed by atoms with Crippen molar-refractivity contribution < 1.29 is 9.90 Å². The molecule has 2 rings (SSSR count). The van der Waals surface area contributed by atoms with Gasteiger partial charge in [0.05, 0.1) is 22.8 Å². The second-order valence-corrected chi connectivity index (χ2v) is 4.88. The van der Waals surface area contributed by atoms with Gasteiger partial charge in [-0.25, -0.2) is 9.78 Å². The Morgan fingerprint density at radius 2 is 2.33 bits per heavy atom.